The minimum Gasteiger partial charge on any atom is -0.494 e. The molecule has 1 saturated carbocycles. The molecule has 2 heterocycles. The molecule has 1 aromatic rings. The van der Waals surface area contributed by atoms with Crippen molar-refractivity contribution < 1.29 is 9.53 Å². The summed E-state index contributed by atoms with van der Waals surface area (Å²) < 4.78 is 5.71. The number of rotatable bonds is 5. The SMILES string of the molecule is C#Cc1ccc(OCCCN2C(=O)C3CCC2CC3)cc1. The summed E-state index contributed by atoms with van der Waals surface area (Å²) in [5, 5.41) is 0. The lowest BCUT2D eigenvalue weighted by Gasteiger charge is -2.44. The Balaban J connectivity index is 1.44. The lowest BCUT2D eigenvalue weighted by atomic mass is 9.79. The van der Waals surface area contributed by atoms with Crippen molar-refractivity contribution in [2.45, 2.75) is 38.1 Å². The highest BCUT2D eigenvalue weighted by atomic mass is 16.5. The standard InChI is InChI=1S/C18H21NO2/c1-2-14-4-10-17(11-5-14)21-13-3-12-19-16-8-6-15(7-9-16)18(19)20/h1,4-5,10-11,15-16H,3,6-9,12-13H2. The van der Waals surface area contributed by atoms with Crippen LogP contribution in [0, 0.1) is 18.3 Å². The fraction of sp³-hybridized carbons (Fsp3) is 0.500. The molecule has 0 N–H and O–H groups in total. The van der Waals surface area contributed by atoms with Gasteiger partial charge in [0.1, 0.15) is 5.75 Å². The molecule has 1 aliphatic carbocycles. The largest absolute Gasteiger partial charge is 0.494 e. The van der Waals surface area contributed by atoms with E-state index >= 15 is 0 Å². The molecule has 0 unspecified atom stereocenters. The number of nitrogens with zero attached hydrogens (tertiary/aromatic N) is 1. The molecule has 3 fully saturated rings. The molecule has 0 spiro atoms. The molecule has 0 aromatic heterocycles. The van der Waals surface area contributed by atoms with Crippen molar-refractivity contribution in [3.8, 4) is 18.1 Å². The van der Waals surface area contributed by atoms with Crippen molar-refractivity contribution in [2.24, 2.45) is 5.92 Å². The predicted molar refractivity (Wildman–Crippen MR) is 81.9 cm³/mol. The van der Waals surface area contributed by atoms with Gasteiger partial charge in [-0.3, -0.25) is 4.79 Å². The van der Waals surface area contributed by atoms with Crippen LogP contribution in [0.2, 0.25) is 0 Å². The Bertz CT molecular complexity index is 535. The normalized spacial score (nSPS) is 24.0. The topological polar surface area (TPSA) is 29.5 Å². The number of ether oxygens (including phenoxy) is 1. The van der Waals surface area contributed by atoms with Crippen molar-refractivity contribution >= 4 is 5.91 Å². The number of carbonyl (C=O) groups excluding carboxylic acids is 1. The summed E-state index contributed by atoms with van der Waals surface area (Å²) in [7, 11) is 0. The van der Waals surface area contributed by atoms with Crippen molar-refractivity contribution in [2.75, 3.05) is 13.2 Å². The molecule has 1 amide bonds. The molecule has 110 valence electrons. The first-order chi connectivity index (χ1) is 10.3. The van der Waals surface area contributed by atoms with E-state index in [-0.39, 0.29) is 0 Å². The van der Waals surface area contributed by atoms with E-state index in [9.17, 15) is 4.79 Å². The highest BCUT2D eigenvalue weighted by Crippen LogP contribution is 2.35. The lowest BCUT2D eigenvalue weighted by molar-refractivity contribution is -0.147. The highest BCUT2D eigenvalue weighted by molar-refractivity contribution is 5.80. The first-order valence-corrected chi connectivity index (χ1v) is 7.78. The minimum atomic E-state index is 0.298. The first kappa shape index (κ1) is 14.0. The fourth-order valence-corrected chi connectivity index (χ4v) is 3.41. The van der Waals surface area contributed by atoms with E-state index in [1.54, 1.807) is 0 Å². The number of hydrogen-bond acceptors (Lipinski definition) is 2. The Kier molecular flexibility index (Phi) is 4.15. The molecule has 0 atom stereocenters. The van der Waals surface area contributed by atoms with Gasteiger partial charge in [0.05, 0.1) is 6.61 Å². The molecule has 21 heavy (non-hydrogen) atoms. The molecule has 0 radical (unpaired) electrons. The average Bonchev–Trinajstić information content (AvgIpc) is 2.55. The van der Waals surface area contributed by atoms with Crippen LogP contribution < -0.4 is 4.74 Å². The molecule has 2 saturated heterocycles. The molecular formula is C18H21NO2. The van der Waals surface area contributed by atoms with E-state index in [1.165, 1.54) is 12.8 Å². The van der Waals surface area contributed by atoms with Crippen LogP contribution in [0.5, 0.6) is 5.75 Å². The number of hydrogen-bond donors (Lipinski definition) is 0. The van der Waals surface area contributed by atoms with Crippen LogP contribution in [-0.4, -0.2) is 30.0 Å². The van der Waals surface area contributed by atoms with Crippen LogP contribution in [0.4, 0.5) is 0 Å². The maximum atomic E-state index is 12.2. The summed E-state index contributed by atoms with van der Waals surface area (Å²) in [4.78, 5) is 14.3. The Morgan fingerprint density at radius 3 is 2.52 bits per heavy atom. The van der Waals surface area contributed by atoms with E-state index in [1.807, 2.05) is 24.3 Å². The van der Waals surface area contributed by atoms with Gasteiger partial charge in [-0.1, -0.05) is 5.92 Å². The van der Waals surface area contributed by atoms with Gasteiger partial charge in [-0.2, -0.15) is 0 Å². The zero-order valence-corrected chi connectivity index (χ0v) is 12.3. The number of fused-ring (bicyclic) bond motifs is 3. The molecule has 3 aliphatic rings. The molecule has 2 bridgehead atoms. The number of benzene rings is 1. The zero-order chi connectivity index (χ0) is 14.7. The van der Waals surface area contributed by atoms with Gasteiger partial charge in [-0.25, -0.2) is 0 Å². The van der Waals surface area contributed by atoms with Crippen LogP contribution in [-0.2, 0) is 4.79 Å². The van der Waals surface area contributed by atoms with Gasteiger partial charge in [0, 0.05) is 24.1 Å². The third-order valence-corrected chi connectivity index (χ3v) is 4.60. The second-order valence-corrected chi connectivity index (χ2v) is 5.91. The number of terminal acetylenes is 1. The van der Waals surface area contributed by atoms with Crippen LogP contribution in [0.15, 0.2) is 24.3 Å². The summed E-state index contributed by atoms with van der Waals surface area (Å²) in [6.45, 7) is 1.46. The third-order valence-electron chi connectivity index (χ3n) is 4.60. The first-order valence-electron chi connectivity index (χ1n) is 7.78. The van der Waals surface area contributed by atoms with Crippen molar-refractivity contribution in [1.29, 1.82) is 0 Å². The van der Waals surface area contributed by atoms with Crippen LogP contribution in [0.25, 0.3) is 0 Å². The average molecular weight is 283 g/mol. The Morgan fingerprint density at radius 1 is 1.19 bits per heavy atom. The van der Waals surface area contributed by atoms with Crippen LogP contribution in [0.1, 0.15) is 37.7 Å². The zero-order valence-electron chi connectivity index (χ0n) is 12.3. The molecule has 2 aliphatic heterocycles. The van der Waals surface area contributed by atoms with Crippen LogP contribution >= 0.6 is 0 Å². The van der Waals surface area contributed by atoms with Gasteiger partial charge >= 0.3 is 0 Å². The van der Waals surface area contributed by atoms with E-state index in [0.29, 0.717) is 24.5 Å². The van der Waals surface area contributed by atoms with E-state index < -0.39 is 0 Å². The summed E-state index contributed by atoms with van der Waals surface area (Å²) in [6.07, 6.45) is 10.8. The molecule has 4 rings (SSSR count). The van der Waals surface area contributed by atoms with Crippen molar-refractivity contribution in [1.82, 2.24) is 4.90 Å². The van der Waals surface area contributed by atoms with Crippen molar-refractivity contribution in [3.63, 3.8) is 0 Å². The summed E-state index contributed by atoms with van der Waals surface area (Å²) in [5.74, 6) is 4.09. The Hall–Kier alpha value is -1.95. The maximum Gasteiger partial charge on any atom is 0.225 e. The fourth-order valence-electron chi connectivity index (χ4n) is 3.41. The highest BCUT2D eigenvalue weighted by Gasteiger charge is 2.39. The molecular weight excluding hydrogens is 262 g/mol. The summed E-state index contributed by atoms with van der Waals surface area (Å²) >= 11 is 0. The van der Waals surface area contributed by atoms with E-state index in [4.69, 9.17) is 11.2 Å². The third kappa shape index (κ3) is 3.05. The number of amides is 1. The molecule has 3 nitrogen and oxygen atoms in total. The molecule has 1 aromatic carbocycles. The van der Waals surface area contributed by atoms with E-state index in [0.717, 1.165) is 37.1 Å². The van der Waals surface area contributed by atoms with E-state index in [2.05, 4.69) is 10.8 Å². The number of piperidine rings is 2. The Labute approximate surface area is 126 Å². The maximum absolute atomic E-state index is 12.2. The van der Waals surface area contributed by atoms with Gasteiger partial charge in [-0.05, 0) is 56.4 Å². The van der Waals surface area contributed by atoms with Gasteiger partial charge in [0.2, 0.25) is 5.91 Å². The number of carbonyl (C=O) groups is 1. The van der Waals surface area contributed by atoms with Gasteiger partial charge < -0.3 is 9.64 Å². The smallest absolute Gasteiger partial charge is 0.225 e. The predicted octanol–water partition coefficient (Wildman–Crippen LogP) is 2.84. The van der Waals surface area contributed by atoms with Gasteiger partial charge in [0.15, 0.2) is 0 Å². The Morgan fingerprint density at radius 2 is 1.90 bits per heavy atom. The quantitative estimate of drug-likeness (QED) is 0.614. The van der Waals surface area contributed by atoms with Gasteiger partial charge in [-0.15, -0.1) is 6.42 Å². The summed E-state index contributed by atoms with van der Waals surface area (Å²) in [5.41, 5.74) is 0.859. The van der Waals surface area contributed by atoms with Gasteiger partial charge in [0.25, 0.3) is 0 Å². The monoisotopic (exact) mass is 283 g/mol. The summed E-state index contributed by atoms with van der Waals surface area (Å²) in [6, 6.07) is 8.02. The minimum absolute atomic E-state index is 0.298. The lowest BCUT2D eigenvalue weighted by Crippen LogP contribution is -2.52. The second-order valence-electron chi connectivity index (χ2n) is 5.91. The second kappa shape index (κ2) is 6.22. The molecule has 3 heteroatoms. The van der Waals surface area contributed by atoms with Crippen molar-refractivity contribution in [3.05, 3.63) is 29.8 Å². The van der Waals surface area contributed by atoms with Crippen LogP contribution in [0.3, 0.4) is 0 Å².